The van der Waals surface area contributed by atoms with Crippen LogP contribution in [0, 0.1) is 12.3 Å². The molecule has 0 unspecified atom stereocenters. The number of H-pyrrole nitrogens is 1. The zero-order chi connectivity index (χ0) is 15.3. The van der Waals surface area contributed by atoms with Crippen LogP contribution in [0.25, 0.3) is 0 Å². The smallest absolute Gasteiger partial charge is 0.346 e. The van der Waals surface area contributed by atoms with Crippen LogP contribution in [0.1, 0.15) is 36.3 Å². The first kappa shape index (κ1) is 16.7. The molecule has 1 aromatic heterocycles. The summed E-state index contributed by atoms with van der Waals surface area (Å²) in [5, 5.41) is 12.2. The zero-order valence-electron chi connectivity index (χ0n) is 12.2. The summed E-state index contributed by atoms with van der Waals surface area (Å²) < 4.78 is 0. The molecule has 3 N–H and O–H groups in total. The molecule has 1 amide bonds. The molecule has 0 bridgehead atoms. The maximum atomic E-state index is 12.3. The topological polar surface area (TPSA) is 95.1 Å². The Balaban J connectivity index is 2.91. The van der Waals surface area contributed by atoms with Gasteiger partial charge in [-0.15, -0.1) is 11.8 Å². The lowest BCUT2D eigenvalue weighted by molar-refractivity contribution is 0.0923. The van der Waals surface area contributed by atoms with E-state index in [1.54, 1.807) is 13.2 Å². The third-order valence-electron chi connectivity index (χ3n) is 3.02. The van der Waals surface area contributed by atoms with Gasteiger partial charge in [-0.1, -0.05) is 13.8 Å². The van der Waals surface area contributed by atoms with Gasteiger partial charge in [0, 0.05) is 18.8 Å². The van der Waals surface area contributed by atoms with Crippen LogP contribution in [0.5, 0.6) is 0 Å². The molecule has 6 nitrogen and oxygen atoms in total. The number of aryl methyl sites for hydroxylation is 1. The fraction of sp³-hybridized carbons (Fsp3) is 0.615. The molecule has 0 fully saturated rings. The summed E-state index contributed by atoms with van der Waals surface area (Å²) in [7, 11) is 0. The number of amides is 1. The van der Waals surface area contributed by atoms with Gasteiger partial charge in [-0.2, -0.15) is 4.98 Å². The Morgan fingerprint density at radius 1 is 1.50 bits per heavy atom. The molecule has 0 saturated heterocycles. The van der Waals surface area contributed by atoms with Crippen molar-refractivity contribution in [2.75, 3.05) is 19.4 Å². The number of rotatable bonds is 6. The van der Waals surface area contributed by atoms with Gasteiger partial charge in [0.25, 0.3) is 5.91 Å². The van der Waals surface area contributed by atoms with E-state index in [-0.39, 0.29) is 17.9 Å². The lowest BCUT2D eigenvalue weighted by atomic mass is 9.89. The predicted octanol–water partition coefficient (Wildman–Crippen LogP) is 0.939. The van der Waals surface area contributed by atoms with Gasteiger partial charge < -0.3 is 15.4 Å². The summed E-state index contributed by atoms with van der Waals surface area (Å²) in [6.45, 7) is 6.14. The lowest BCUT2D eigenvalue weighted by Crippen LogP contribution is -2.36. The van der Waals surface area contributed by atoms with Gasteiger partial charge in [-0.25, -0.2) is 4.79 Å². The standard InChI is InChI=1S/C13H21N3O3S/c1-8-9(11(20-4)16-12(19)15-8)10(18)14-7-13(2,3)5-6-17/h17H,5-7H2,1-4H3,(H,14,18)(H,15,16,19). The zero-order valence-corrected chi connectivity index (χ0v) is 13.1. The molecule has 1 rings (SSSR count). The van der Waals surface area contributed by atoms with Crippen molar-refractivity contribution in [1.29, 1.82) is 0 Å². The number of aliphatic hydroxyl groups excluding tert-OH is 1. The van der Waals surface area contributed by atoms with E-state index in [0.29, 0.717) is 29.2 Å². The summed E-state index contributed by atoms with van der Waals surface area (Å²) in [6, 6.07) is 0. The highest BCUT2D eigenvalue weighted by Gasteiger charge is 2.21. The molecule has 0 spiro atoms. The molecular weight excluding hydrogens is 278 g/mol. The van der Waals surface area contributed by atoms with Crippen molar-refractivity contribution in [3.05, 3.63) is 21.7 Å². The molecule has 0 radical (unpaired) electrons. The molecule has 0 saturated carbocycles. The first-order valence-corrected chi connectivity index (χ1v) is 7.57. The van der Waals surface area contributed by atoms with Crippen molar-refractivity contribution in [2.24, 2.45) is 5.41 Å². The molecule has 0 aliphatic rings. The van der Waals surface area contributed by atoms with Crippen molar-refractivity contribution in [1.82, 2.24) is 15.3 Å². The number of hydrogen-bond donors (Lipinski definition) is 3. The minimum absolute atomic E-state index is 0.0815. The minimum atomic E-state index is -0.455. The average molecular weight is 299 g/mol. The molecule has 1 aromatic rings. The maximum Gasteiger partial charge on any atom is 0.346 e. The Hall–Kier alpha value is -1.34. The number of carbonyl (C=O) groups is 1. The van der Waals surface area contributed by atoms with Gasteiger partial charge in [0.15, 0.2) is 0 Å². The molecule has 112 valence electrons. The monoisotopic (exact) mass is 299 g/mol. The molecule has 0 atom stereocenters. The third-order valence-corrected chi connectivity index (χ3v) is 3.70. The van der Waals surface area contributed by atoms with Gasteiger partial charge in [-0.3, -0.25) is 4.79 Å². The van der Waals surface area contributed by atoms with Crippen LogP contribution in [0.3, 0.4) is 0 Å². The normalized spacial score (nSPS) is 11.4. The van der Waals surface area contributed by atoms with Gasteiger partial charge in [-0.05, 0) is 25.0 Å². The Kier molecular flexibility index (Phi) is 5.76. The molecule has 7 heteroatoms. The number of nitrogens with zero attached hydrogens (tertiary/aromatic N) is 1. The van der Waals surface area contributed by atoms with Crippen LogP contribution in [-0.4, -0.2) is 40.4 Å². The lowest BCUT2D eigenvalue weighted by Gasteiger charge is -2.24. The second kappa shape index (κ2) is 6.90. The quantitative estimate of drug-likeness (QED) is 0.537. The molecule has 0 aliphatic heterocycles. The van der Waals surface area contributed by atoms with E-state index >= 15 is 0 Å². The molecule has 1 heterocycles. The van der Waals surface area contributed by atoms with Gasteiger partial charge in [0.1, 0.15) is 5.03 Å². The number of thioether (sulfide) groups is 1. The molecule has 0 aromatic carbocycles. The van der Waals surface area contributed by atoms with Crippen molar-refractivity contribution < 1.29 is 9.90 Å². The first-order valence-electron chi connectivity index (χ1n) is 6.34. The third kappa shape index (κ3) is 4.35. The Morgan fingerprint density at radius 3 is 2.70 bits per heavy atom. The largest absolute Gasteiger partial charge is 0.396 e. The van der Waals surface area contributed by atoms with Crippen molar-refractivity contribution in [3.63, 3.8) is 0 Å². The van der Waals surface area contributed by atoms with E-state index in [0.717, 1.165) is 0 Å². The van der Waals surface area contributed by atoms with Crippen LogP contribution >= 0.6 is 11.8 Å². The summed E-state index contributed by atoms with van der Waals surface area (Å²) in [4.78, 5) is 29.9. The van der Waals surface area contributed by atoms with Crippen LogP contribution in [-0.2, 0) is 0 Å². The van der Waals surface area contributed by atoms with E-state index < -0.39 is 5.69 Å². The Morgan fingerprint density at radius 2 is 2.15 bits per heavy atom. The van der Waals surface area contributed by atoms with Crippen LogP contribution in [0.4, 0.5) is 0 Å². The summed E-state index contributed by atoms with van der Waals surface area (Å²) in [6.07, 6.45) is 2.37. The SMILES string of the molecule is CSc1nc(=O)[nH]c(C)c1C(=O)NCC(C)(C)CCO. The second-order valence-corrected chi connectivity index (χ2v) is 6.17. The number of carbonyl (C=O) groups excluding carboxylic acids is 1. The Labute approximate surface area is 122 Å². The first-order chi connectivity index (χ1) is 9.30. The van der Waals surface area contributed by atoms with E-state index in [1.807, 2.05) is 13.8 Å². The van der Waals surface area contributed by atoms with E-state index in [1.165, 1.54) is 11.8 Å². The fourth-order valence-corrected chi connectivity index (χ4v) is 2.40. The minimum Gasteiger partial charge on any atom is -0.396 e. The number of aromatic amines is 1. The maximum absolute atomic E-state index is 12.3. The van der Waals surface area contributed by atoms with E-state index in [9.17, 15) is 9.59 Å². The molecule has 0 aliphatic carbocycles. The number of aromatic nitrogens is 2. The van der Waals surface area contributed by atoms with Gasteiger partial charge in [0.2, 0.25) is 0 Å². The van der Waals surface area contributed by atoms with Crippen molar-refractivity contribution >= 4 is 17.7 Å². The highest BCUT2D eigenvalue weighted by Crippen LogP contribution is 2.20. The highest BCUT2D eigenvalue weighted by atomic mass is 32.2. The van der Waals surface area contributed by atoms with Gasteiger partial charge in [0.05, 0.1) is 5.56 Å². The van der Waals surface area contributed by atoms with Crippen LogP contribution in [0.15, 0.2) is 9.82 Å². The number of nitrogens with one attached hydrogen (secondary N) is 2. The van der Waals surface area contributed by atoms with Crippen LogP contribution < -0.4 is 11.0 Å². The van der Waals surface area contributed by atoms with E-state index in [4.69, 9.17) is 5.11 Å². The van der Waals surface area contributed by atoms with Crippen LogP contribution in [0.2, 0.25) is 0 Å². The average Bonchev–Trinajstić information content (AvgIpc) is 2.35. The van der Waals surface area contributed by atoms with Crippen molar-refractivity contribution in [3.8, 4) is 0 Å². The van der Waals surface area contributed by atoms with Gasteiger partial charge >= 0.3 is 5.69 Å². The number of hydrogen-bond acceptors (Lipinski definition) is 5. The summed E-state index contributed by atoms with van der Waals surface area (Å²) >= 11 is 1.26. The second-order valence-electron chi connectivity index (χ2n) is 5.37. The Bertz CT molecular complexity index is 540. The van der Waals surface area contributed by atoms with E-state index in [2.05, 4.69) is 15.3 Å². The summed E-state index contributed by atoms with van der Waals surface area (Å²) in [5.41, 5.74) is 0.265. The predicted molar refractivity (Wildman–Crippen MR) is 79.2 cm³/mol. The van der Waals surface area contributed by atoms with Crippen molar-refractivity contribution in [2.45, 2.75) is 32.2 Å². The highest BCUT2D eigenvalue weighted by molar-refractivity contribution is 7.98. The summed E-state index contributed by atoms with van der Waals surface area (Å²) in [5.74, 6) is -0.262. The molecular formula is C13H21N3O3S. The number of aliphatic hydroxyl groups is 1. The molecule has 20 heavy (non-hydrogen) atoms. The fourth-order valence-electron chi connectivity index (χ4n) is 1.77.